The molecule has 0 saturated heterocycles. The van der Waals surface area contributed by atoms with Gasteiger partial charge in [0.05, 0.1) is 6.61 Å². The lowest BCUT2D eigenvalue weighted by Gasteiger charge is -1.89. The average molecular weight is 165 g/mol. The summed E-state index contributed by atoms with van der Waals surface area (Å²) in [5.74, 6) is -1.11. The predicted octanol–water partition coefficient (Wildman–Crippen LogP) is -0.0367. The van der Waals surface area contributed by atoms with Crippen molar-refractivity contribution in [2.45, 2.75) is 6.92 Å². The molecule has 0 aromatic rings. The third-order valence-electron chi connectivity index (χ3n) is 0.561. The Kier molecular flexibility index (Phi) is 5.02. The van der Waals surface area contributed by atoms with Crippen LogP contribution < -0.4 is 4.89 Å². The lowest BCUT2D eigenvalue weighted by atomic mass is 10.7. The third-order valence-corrected chi connectivity index (χ3v) is 1.41. The molecule has 0 fully saturated rings. The van der Waals surface area contributed by atoms with Crippen molar-refractivity contribution in [3.8, 4) is 0 Å². The molecule has 1 atom stereocenters. The predicted molar refractivity (Wildman–Crippen MR) is 33.5 cm³/mol. The normalized spacial score (nSPS) is 11.6. The van der Waals surface area contributed by atoms with E-state index in [-0.39, 0.29) is 6.61 Å². The quantitative estimate of drug-likeness (QED) is 0.592. The van der Waals surface area contributed by atoms with E-state index in [9.17, 15) is 9.69 Å². The van der Waals surface area contributed by atoms with Crippen LogP contribution in [-0.4, -0.2) is 24.2 Å². The molecule has 0 aliphatic carbocycles. The molecule has 10 heavy (non-hydrogen) atoms. The number of hydrogen-bond donors (Lipinski definition) is 1. The van der Waals surface area contributed by atoms with Crippen molar-refractivity contribution in [1.29, 1.82) is 0 Å². The van der Waals surface area contributed by atoms with Gasteiger partial charge in [-0.3, -0.25) is 4.79 Å². The topological polar surface area (TPSA) is 82.0 Å². The van der Waals surface area contributed by atoms with Crippen molar-refractivity contribution in [3.63, 3.8) is 0 Å². The maximum absolute atomic E-state index is 10.4. The number of rotatable bonds is 4. The lowest BCUT2D eigenvalue weighted by molar-refractivity contribution is -0.175. The van der Waals surface area contributed by atoms with Gasteiger partial charge in [0.25, 0.3) is 0 Å². The summed E-state index contributed by atoms with van der Waals surface area (Å²) in [7, 11) is -2.12. The summed E-state index contributed by atoms with van der Waals surface area (Å²) in [4.78, 5) is 20.3. The molecule has 0 aliphatic heterocycles. The second-order valence-corrected chi connectivity index (χ2v) is 2.37. The maximum atomic E-state index is 10.4. The highest BCUT2D eigenvalue weighted by Gasteiger charge is 2.00. The molecule has 0 amide bonds. The van der Waals surface area contributed by atoms with Crippen LogP contribution in [0.4, 0.5) is 0 Å². The first-order valence-corrected chi connectivity index (χ1v) is 3.79. The molecule has 5 nitrogen and oxygen atoms in total. The van der Waals surface area contributed by atoms with Gasteiger partial charge in [0.15, 0.2) is 6.54 Å². The smallest absolute Gasteiger partial charge is 0.342 e. The molecular formula is C4H8NO4P. The first-order chi connectivity index (χ1) is 4.66. The molecule has 0 bridgehead atoms. The van der Waals surface area contributed by atoms with E-state index < -0.39 is 20.7 Å². The number of nitrogens with zero attached hydrogens (tertiary/aromatic N) is 1. The Balaban J connectivity index is 3.57. The molecule has 0 radical (unpaired) electrons. The van der Waals surface area contributed by atoms with Crippen LogP contribution in [0.1, 0.15) is 6.92 Å². The van der Waals surface area contributed by atoms with Crippen LogP contribution >= 0.6 is 8.17 Å². The highest BCUT2D eigenvalue weighted by atomic mass is 31.1. The van der Waals surface area contributed by atoms with Crippen molar-refractivity contribution in [2.24, 2.45) is 4.74 Å². The highest BCUT2D eigenvalue weighted by molar-refractivity contribution is 7.33. The summed E-state index contributed by atoms with van der Waals surface area (Å²) in [5, 5.41) is 8.05. The molecule has 0 aliphatic rings. The number of carboxylic acid groups (broad SMARTS) is 1. The van der Waals surface area contributed by atoms with E-state index in [2.05, 4.69) is 9.27 Å². The Hall–Kier alpha value is -0.510. The fourth-order valence-electron chi connectivity index (χ4n) is 0.269. The number of aliphatic carboxylic acids is 1. The zero-order valence-corrected chi connectivity index (χ0v) is 6.38. The number of carbonyl (C=O) groups is 1. The average Bonchev–Trinajstić information content (AvgIpc) is 1.85. The molecule has 0 saturated carbocycles. The summed E-state index contributed by atoms with van der Waals surface area (Å²) in [6, 6.07) is 0. The van der Waals surface area contributed by atoms with Gasteiger partial charge in [-0.2, -0.15) is 4.52 Å². The molecule has 0 aromatic heterocycles. The van der Waals surface area contributed by atoms with Crippen molar-refractivity contribution < 1.29 is 19.3 Å². The van der Waals surface area contributed by atoms with Crippen LogP contribution in [0.3, 0.4) is 0 Å². The van der Waals surface area contributed by atoms with Crippen LogP contribution in [-0.2, 0) is 9.32 Å². The van der Waals surface area contributed by atoms with Crippen molar-refractivity contribution in [2.75, 3.05) is 13.2 Å². The molecule has 1 unspecified atom stereocenters. The van der Waals surface area contributed by atoms with E-state index in [1.807, 2.05) is 0 Å². The van der Waals surface area contributed by atoms with E-state index in [1.165, 1.54) is 0 Å². The fraction of sp³-hybridized carbons (Fsp3) is 0.750. The molecule has 0 spiro atoms. The Morgan fingerprint density at radius 1 is 1.90 bits per heavy atom. The Morgan fingerprint density at radius 3 is 2.90 bits per heavy atom. The summed E-state index contributed by atoms with van der Waals surface area (Å²) in [6.45, 7) is 1.47. The van der Waals surface area contributed by atoms with Gasteiger partial charge >= 0.3 is 14.1 Å². The van der Waals surface area contributed by atoms with Gasteiger partial charge in [-0.25, -0.2) is 0 Å². The van der Waals surface area contributed by atoms with E-state index in [1.54, 1.807) is 6.92 Å². The monoisotopic (exact) mass is 165 g/mol. The zero-order chi connectivity index (χ0) is 7.98. The summed E-state index contributed by atoms with van der Waals surface area (Å²) in [5.41, 5.74) is 0. The molecular weight excluding hydrogens is 157 g/mol. The van der Waals surface area contributed by atoms with Gasteiger partial charge in [-0.1, -0.05) is 4.74 Å². The summed E-state index contributed by atoms with van der Waals surface area (Å²) < 4.78 is 7.67. The first-order valence-electron chi connectivity index (χ1n) is 2.66. The fourth-order valence-corrected chi connectivity index (χ4v) is 0.808. The van der Waals surface area contributed by atoms with Gasteiger partial charge in [-0.15, -0.1) is 0 Å². The minimum absolute atomic E-state index is 0.276. The van der Waals surface area contributed by atoms with Crippen molar-refractivity contribution >= 4 is 14.1 Å². The van der Waals surface area contributed by atoms with Gasteiger partial charge < -0.3 is 10.00 Å². The molecule has 0 heterocycles. The second kappa shape index (κ2) is 5.29. The van der Waals surface area contributed by atoms with E-state index >= 15 is 0 Å². The van der Waals surface area contributed by atoms with Gasteiger partial charge in [0.1, 0.15) is 0 Å². The summed E-state index contributed by atoms with van der Waals surface area (Å²) in [6.07, 6.45) is 0. The standard InChI is InChI=1S/C4H8NO4P/c1-2-9-10(8)5-3-4(6)7/h2-3H2,1H3,(H,6,7). The third kappa shape index (κ3) is 5.62. The Morgan fingerprint density at radius 2 is 2.50 bits per heavy atom. The molecule has 0 aromatic carbocycles. The highest BCUT2D eigenvalue weighted by Crippen LogP contribution is 2.13. The van der Waals surface area contributed by atoms with E-state index in [4.69, 9.17) is 5.11 Å². The van der Waals surface area contributed by atoms with Gasteiger partial charge in [0.2, 0.25) is 0 Å². The van der Waals surface area contributed by atoms with Crippen LogP contribution in [0.2, 0.25) is 0 Å². The van der Waals surface area contributed by atoms with Crippen molar-refractivity contribution in [1.82, 2.24) is 0 Å². The largest absolute Gasteiger partial charge is 0.584 e. The van der Waals surface area contributed by atoms with E-state index in [0.717, 1.165) is 0 Å². The van der Waals surface area contributed by atoms with Crippen LogP contribution in [0.5, 0.6) is 0 Å². The lowest BCUT2D eigenvalue weighted by Crippen LogP contribution is -2.00. The van der Waals surface area contributed by atoms with E-state index in [0.29, 0.717) is 0 Å². The zero-order valence-electron chi connectivity index (χ0n) is 5.48. The number of hydrogen-bond acceptors (Lipinski definition) is 4. The molecule has 1 N–H and O–H groups in total. The maximum Gasteiger partial charge on any atom is 0.342 e. The molecule has 6 heteroatoms. The minimum atomic E-state index is -2.12. The second-order valence-electron chi connectivity index (χ2n) is 1.35. The molecule has 58 valence electrons. The van der Waals surface area contributed by atoms with Crippen LogP contribution in [0, 0.1) is 0 Å². The van der Waals surface area contributed by atoms with Gasteiger partial charge in [0, 0.05) is 0 Å². The number of carboxylic acids is 1. The molecule has 0 rings (SSSR count). The van der Waals surface area contributed by atoms with Crippen LogP contribution in [0.25, 0.3) is 0 Å². The van der Waals surface area contributed by atoms with Crippen molar-refractivity contribution in [3.05, 3.63) is 0 Å². The van der Waals surface area contributed by atoms with Crippen LogP contribution in [0.15, 0.2) is 4.74 Å². The first kappa shape index (κ1) is 9.49. The van der Waals surface area contributed by atoms with Gasteiger partial charge in [-0.05, 0) is 6.92 Å². The Bertz CT molecular complexity index is 146. The minimum Gasteiger partial charge on any atom is -0.584 e. The summed E-state index contributed by atoms with van der Waals surface area (Å²) >= 11 is 0. The SMILES string of the molecule is CCO[P+]([O-])=NCC(=O)O. The Labute approximate surface area is 59.3 Å².